The van der Waals surface area contributed by atoms with Gasteiger partial charge in [0, 0.05) is 16.2 Å². The van der Waals surface area contributed by atoms with Gasteiger partial charge in [-0.2, -0.15) is 0 Å². The van der Waals surface area contributed by atoms with E-state index in [4.69, 9.17) is 11.6 Å². The third-order valence-corrected chi connectivity index (χ3v) is 4.18. The number of benzene rings is 1. The third-order valence-electron chi connectivity index (χ3n) is 2.03. The van der Waals surface area contributed by atoms with Gasteiger partial charge in [-0.25, -0.2) is 0 Å². The van der Waals surface area contributed by atoms with Gasteiger partial charge in [0.25, 0.3) is 5.91 Å². The molecule has 1 aromatic carbocycles. The van der Waals surface area contributed by atoms with Crippen LogP contribution < -0.4 is 5.32 Å². The maximum absolute atomic E-state index is 11.8. The predicted octanol–water partition coefficient (Wildman–Crippen LogP) is 4.12. The van der Waals surface area contributed by atoms with E-state index in [-0.39, 0.29) is 16.7 Å². The van der Waals surface area contributed by atoms with Crippen molar-refractivity contribution in [1.29, 1.82) is 0 Å². The van der Waals surface area contributed by atoms with Crippen molar-refractivity contribution in [1.82, 2.24) is 0 Å². The molecular weight excluding hydrogens is 326 g/mol. The van der Waals surface area contributed by atoms with Gasteiger partial charge < -0.3 is 10.4 Å². The number of nitrogens with one attached hydrogen (secondary N) is 1. The number of carbonyl (C=O) groups excluding carboxylic acids is 1. The molecule has 3 nitrogen and oxygen atoms in total. The Morgan fingerprint density at radius 3 is 2.76 bits per heavy atom. The van der Waals surface area contributed by atoms with Crippen LogP contribution >= 0.6 is 38.9 Å². The van der Waals surface area contributed by atoms with Gasteiger partial charge in [0.1, 0.15) is 10.6 Å². The highest BCUT2D eigenvalue weighted by Gasteiger charge is 2.12. The number of aromatic hydroxyl groups is 1. The van der Waals surface area contributed by atoms with Gasteiger partial charge in [-0.3, -0.25) is 4.79 Å². The minimum atomic E-state index is -0.228. The van der Waals surface area contributed by atoms with Gasteiger partial charge in [0.2, 0.25) is 0 Å². The minimum Gasteiger partial charge on any atom is -0.506 e. The fraction of sp³-hybridized carbons (Fsp3) is 0. The molecule has 0 unspecified atom stereocenters. The Balaban J connectivity index is 2.19. The van der Waals surface area contributed by atoms with E-state index in [1.54, 1.807) is 12.1 Å². The van der Waals surface area contributed by atoms with E-state index in [2.05, 4.69) is 21.2 Å². The van der Waals surface area contributed by atoms with Crippen molar-refractivity contribution in [2.75, 3.05) is 5.32 Å². The molecule has 0 radical (unpaired) electrons. The van der Waals surface area contributed by atoms with E-state index in [9.17, 15) is 9.90 Å². The first-order valence-electron chi connectivity index (χ1n) is 4.61. The zero-order chi connectivity index (χ0) is 12.4. The summed E-state index contributed by atoms with van der Waals surface area (Å²) < 4.78 is 0.748. The molecule has 0 aliphatic rings. The van der Waals surface area contributed by atoms with Crippen LogP contribution in [-0.2, 0) is 0 Å². The zero-order valence-electron chi connectivity index (χ0n) is 8.41. The second-order valence-electron chi connectivity index (χ2n) is 3.22. The Bertz CT molecular complexity index is 570. The van der Waals surface area contributed by atoms with Crippen molar-refractivity contribution in [2.45, 2.75) is 0 Å². The second kappa shape index (κ2) is 5.08. The summed E-state index contributed by atoms with van der Waals surface area (Å²) in [5, 5.41) is 14.2. The monoisotopic (exact) mass is 331 g/mol. The van der Waals surface area contributed by atoms with Crippen LogP contribution in [0.4, 0.5) is 5.69 Å². The van der Waals surface area contributed by atoms with Crippen molar-refractivity contribution in [2.24, 2.45) is 0 Å². The molecule has 17 heavy (non-hydrogen) atoms. The molecule has 0 spiro atoms. The molecule has 0 bridgehead atoms. The molecule has 0 fully saturated rings. The Morgan fingerprint density at radius 1 is 1.41 bits per heavy atom. The summed E-state index contributed by atoms with van der Waals surface area (Å²) in [4.78, 5) is 12.4. The molecule has 2 aromatic rings. The van der Waals surface area contributed by atoms with Gasteiger partial charge in [0.05, 0.1) is 5.02 Å². The Hall–Kier alpha value is -1.04. The first kappa shape index (κ1) is 12.4. The van der Waals surface area contributed by atoms with Crippen molar-refractivity contribution in [3.05, 3.63) is 44.0 Å². The molecular formula is C11H7BrClNO2S. The molecule has 0 saturated heterocycles. The molecule has 88 valence electrons. The number of hydrogen-bond acceptors (Lipinski definition) is 3. The van der Waals surface area contributed by atoms with Gasteiger partial charge in [-0.1, -0.05) is 11.6 Å². The maximum Gasteiger partial charge on any atom is 0.266 e. The van der Waals surface area contributed by atoms with E-state index in [1.807, 2.05) is 5.38 Å². The fourth-order valence-corrected chi connectivity index (χ4v) is 2.80. The number of amides is 1. The molecule has 0 aliphatic carbocycles. The second-order valence-corrected chi connectivity index (χ2v) is 5.40. The highest BCUT2D eigenvalue weighted by molar-refractivity contribution is 9.10. The average Bonchev–Trinajstić information content (AvgIpc) is 2.70. The normalized spacial score (nSPS) is 10.2. The van der Waals surface area contributed by atoms with Crippen molar-refractivity contribution >= 4 is 50.5 Å². The number of phenolic OH excluding ortho intramolecular Hbond substituents is 1. The molecule has 1 amide bonds. The van der Waals surface area contributed by atoms with Crippen molar-refractivity contribution in [3.8, 4) is 5.75 Å². The van der Waals surface area contributed by atoms with Crippen LogP contribution in [0.25, 0.3) is 0 Å². The van der Waals surface area contributed by atoms with Crippen molar-refractivity contribution < 1.29 is 9.90 Å². The van der Waals surface area contributed by atoms with Crippen LogP contribution in [0, 0.1) is 0 Å². The van der Waals surface area contributed by atoms with E-state index >= 15 is 0 Å². The number of hydrogen-bond donors (Lipinski definition) is 2. The molecule has 2 N–H and O–H groups in total. The quantitative estimate of drug-likeness (QED) is 0.869. The molecule has 2 rings (SSSR count). The maximum atomic E-state index is 11.8. The number of carbonyl (C=O) groups is 1. The minimum absolute atomic E-state index is 0.0605. The topological polar surface area (TPSA) is 49.3 Å². The lowest BCUT2D eigenvalue weighted by molar-refractivity contribution is 0.103. The molecule has 6 heteroatoms. The van der Waals surface area contributed by atoms with Crippen LogP contribution in [0.3, 0.4) is 0 Å². The summed E-state index contributed by atoms with van der Waals surface area (Å²) in [5.74, 6) is -0.289. The summed E-state index contributed by atoms with van der Waals surface area (Å²) in [7, 11) is 0. The van der Waals surface area contributed by atoms with Gasteiger partial charge >= 0.3 is 0 Å². The number of halogens is 2. The highest BCUT2D eigenvalue weighted by Crippen LogP contribution is 2.28. The predicted molar refractivity (Wildman–Crippen MR) is 73.1 cm³/mol. The van der Waals surface area contributed by atoms with E-state index in [0.717, 1.165) is 4.47 Å². The number of rotatable bonds is 2. The third kappa shape index (κ3) is 2.80. The fourth-order valence-electron chi connectivity index (χ4n) is 1.23. The van der Waals surface area contributed by atoms with Crippen LogP contribution in [0.15, 0.2) is 34.1 Å². The first-order valence-corrected chi connectivity index (χ1v) is 6.66. The molecule has 0 saturated carbocycles. The summed E-state index contributed by atoms with van der Waals surface area (Å²) in [5.41, 5.74) is 0.497. The zero-order valence-corrected chi connectivity index (χ0v) is 11.6. The summed E-state index contributed by atoms with van der Waals surface area (Å²) >= 11 is 10.3. The Kier molecular flexibility index (Phi) is 3.71. The average molecular weight is 333 g/mol. The van der Waals surface area contributed by atoms with E-state index in [1.165, 1.54) is 23.5 Å². The smallest absolute Gasteiger partial charge is 0.266 e. The first-order chi connectivity index (χ1) is 8.08. The molecule has 1 aromatic heterocycles. The van der Waals surface area contributed by atoms with Gasteiger partial charge in [0.15, 0.2) is 0 Å². The lowest BCUT2D eigenvalue weighted by atomic mass is 10.3. The summed E-state index contributed by atoms with van der Waals surface area (Å²) in [6.07, 6.45) is 0. The summed E-state index contributed by atoms with van der Waals surface area (Å²) in [6.45, 7) is 0. The lowest BCUT2D eigenvalue weighted by Crippen LogP contribution is -2.10. The molecule has 0 atom stereocenters. The van der Waals surface area contributed by atoms with Gasteiger partial charge in [-0.15, -0.1) is 11.3 Å². The number of phenols is 1. The van der Waals surface area contributed by atoms with Crippen LogP contribution in [0.5, 0.6) is 5.75 Å². The van der Waals surface area contributed by atoms with Gasteiger partial charge in [-0.05, 0) is 39.5 Å². The van der Waals surface area contributed by atoms with Crippen LogP contribution in [0.2, 0.25) is 5.02 Å². The van der Waals surface area contributed by atoms with E-state index < -0.39 is 0 Å². The lowest BCUT2D eigenvalue weighted by Gasteiger charge is -2.05. The SMILES string of the molecule is O=C(Nc1ccc(Cl)c(O)c1)c1sccc1Br. The number of thiophene rings is 1. The Morgan fingerprint density at radius 2 is 2.18 bits per heavy atom. The largest absolute Gasteiger partial charge is 0.506 e. The Labute approximate surface area is 115 Å². The van der Waals surface area contributed by atoms with Crippen molar-refractivity contribution in [3.63, 3.8) is 0 Å². The highest BCUT2D eigenvalue weighted by atomic mass is 79.9. The standard InChI is InChI=1S/C11H7BrClNO2S/c12-7-3-4-17-10(7)11(16)14-6-1-2-8(13)9(15)5-6/h1-5,15H,(H,14,16). The van der Waals surface area contributed by atoms with E-state index in [0.29, 0.717) is 10.6 Å². The molecule has 0 aliphatic heterocycles. The molecule has 1 heterocycles. The summed E-state index contributed by atoms with van der Waals surface area (Å²) in [6, 6.07) is 6.36. The number of anilines is 1. The van der Waals surface area contributed by atoms with Crippen LogP contribution in [0.1, 0.15) is 9.67 Å². The van der Waals surface area contributed by atoms with Crippen LogP contribution in [-0.4, -0.2) is 11.0 Å².